The van der Waals surface area contributed by atoms with Crippen molar-refractivity contribution < 1.29 is 4.74 Å². The quantitative estimate of drug-likeness (QED) is 0.799. The van der Waals surface area contributed by atoms with E-state index in [0.29, 0.717) is 11.8 Å². The smallest absolute Gasteiger partial charge is 0.206 e. The van der Waals surface area contributed by atoms with E-state index in [1.807, 2.05) is 6.07 Å². The van der Waals surface area contributed by atoms with Gasteiger partial charge in [-0.25, -0.2) is 15.0 Å². The third-order valence-corrected chi connectivity index (χ3v) is 3.41. The zero-order chi connectivity index (χ0) is 14.5. The predicted octanol–water partition coefficient (Wildman–Crippen LogP) is -0.0114. The monoisotopic (exact) mass is 289 g/mol. The van der Waals surface area contributed by atoms with Gasteiger partial charge in [-0.2, -0.15) is 0 Å². The van der Waals surface area contributed by atoms with Gasteiger partial charge in [0.25, 0.3) is 0 Å². The molecule has 0 radical (unpaired) electrons. The molecule has 3 rings (SSSR count). The van der Waals surface area contributed by atoms with Crippen LogP contribution in [0.1, 0.15) is 0 Å². The van der Waals surface area contributed by atoms with Gasteiger partial charge in [-0.15, -0.1) is 0 Å². The van der Waals surface area contributed by atoms with Crippen molar-refractivity contribution >= 4 is 11.8 Å². The first-order chi connectivity index (χ1) is 10.3. The normalized spacial score (nSPS) is 16.0. The summed E-state index contributed by atoms with van der Waals surface area (Å²) in [6.45, 7) is 5.41. The molecule has 0 bridgehead atoms. The first-order valence-corrected chi connectivity index (χ1v) is 6.98. The zero-order valence-electron chi connectivity index (χ0n) is 11.8. The Labute approximate surface area is 123 Å². The Bertz CT molecular complexity index is 579. The van der Waals surface area contributed by atoms with E-state index in [1.165, 1.54) is 6.33 Å². The maximum absolute atomic E-state index is 5.77. The Kier molecular flexibility index (Phi) is 4.27. The molecule has 0 aromatic carbocycles. The van der Waals surface area contributed by atoms with Gasteiger partial charge in [0.15, 0.2) is 0 Å². The molecule has 0 atom stereocenters. The molecule has 0 aliphatic carbocycles. The fourth-order valence-corrected chi connectivity index (χ4v) is 2.25. The van der Waals surface area contributed by atoms with Crippen LogP contribution in [-0.2, 0) is 4.74 Å². The number of hydrogen-bond acceptors (Lipinski definition) is 7. The average molecular weight is 289 g/mol. The van der Waals surface area contributed by atoms with Gasteiger partial charge in [-0.05, 0) is 0 Å². The molecule has 1 fully saturated rings. The van der Waals surface area contributed by atoms with E-state index >= 15 is 0 Å². The van der Waals surface area contributed by atoms with Crippen LogP contribution < -0.4 is 11.1 Å². The Balaban J connectivity index is 1.57. The lowest BCUT2D eigenvalue weighted by Crippen LogP contribution is -2.39. The molecule has 0 amide bonds. The molecule has 1 aliphatic heterocycles. The highest BCUT2D eigenvalue weighted by Gasteiger charge is 2.09. The van der Waals surface area contributed by atoms with Gasteiger partial charge in [0, 0.05) is 44.6 Å². The molecule has 8 heteroatoms. The number of nitrogens with one attached hydrogen (secondary N) is 1. The van der Waals surface area contributed by atoms with E-state index in [4.69, 9.17) is 10.5 Å². The first-order valence-electron chi connectivity index (χ1n) is 6.98. The minimum atomic E-state index is 0.410. The van der Waals surface area contributed by atoms with E-state index in [1.54, 1.807) is 17.0 Å². The third-order valence-electron chi connectivity index (χ3n) is 3.41. The molecule has 0 saturated carbocycles. The van der Waals surface area contributed by atoms with Crippen molar-refractivity contribution in [2.24, 2.45) is 0 Å². The Hall–Kier alpha value is -2.19. The molecule has 2 aromatic heterocycles. The van der Waals surface area contributed by atoms with Crippen molar-refractivity contribution in [1.82, 2.24) is 24.4 Å². The number of hydrogen-bond donors (Lipinski definition) is 2. The summed E-state index contributed by atoms with van der Waals surface area (Å²) in [7, 11) is 0. The van der Waals surface area contributed by atoms with Gasteiger partial charge in [0.1, 0.15) is 18.0 Å². The van der Waals surface area contributed by atoms with Crippen LogP contribution in [0.2, 0.25) is 0 Å². The molecule has 21 heavy (non-hydrogen) atoms. The summed E-state index contributed by atoms with van der Waals surface area (Å²) >= 11 is 0. The average Bonchev–Trinajstić information content (AvgIpc) is 2.95. The number of anilines is 2. The minimum absolute atomic E-state index is 0.410. The van der Waals surface area contributed by atoms with Crippen molar-refractivity contribution in [3.63, 3.8) is 0 Å². The van der Waals surface area contributed by atoms with Crippen molar-refractivity contribution in [2.45, 2.75) is 0 Å². The topological polar surface area (TPSA) is 94.1 Å². The summed E-state index contributed by atoms with van der Waals surface area (Å²) in [6, 6.07) is 1.86. The summed E-state index contributed by atoms with van der Waals surface area (Å²) in [5.41, 5.74) is 5.77. The SMILES string of the molecule is Nc1nccn1-c1cc(NCCN2CCOCC2)ncn1. The molecule has 0 spiro atoms. The van der Waals surface area contributed by atoms with Crippen LogP contribution in [0.5, 0.6) is 0 Å². The van der Waals surface area contributed by atoms with Crippen molar-refractivity contribution in [1.29, 1.82) is 0 Å². The van der Waals surface area contributed by atoms with Crippen LogP contribution in [-0.4, -0.2) is 63.8 Å². The van der Waals surface area contributed by atoms with Crippen molar-refractivity contribution in [2.75, 3.05) is 50.4 Å². The van der Waals surface area contributed by atoms with Crippen LogP contribution in [0.15, 0.2) is 24.8 Å². The highest BCUT2D eigenvalue weighted by atomic mass is 16.5. The molecular weight excluding hydrogens is 270 g/mol. The number of rotatable bonds is 5. The van der Waals surface area contributed by atoms with E-state index in [-0.39, 0.29) is 0 Å². The molecule has 3 heterocycles. The molecule has 112 valence electrons. The minimum Gasteiger partial charge on any atom is -0.379 e. The lowest BCUT2D eigenvalue weighted by molar-refractivity contribution is 0.0398. The molecule has 0 unspecified atom stereocenters. The molecule has 8 nitrogen and oxygen atoms in total. The predicted molar refractivity (Wildman–Crippen MR) is 79.3 cm³/mol. The summed E-state index contributed by atoms with van der Waals surface area (Å²) in [6.07, 6.45) is 4.93. The maximum Gasteiger partial charge on any atom is 0.206 e. The number of nitrogen functional groups attached to an aromatic ring is 1. The number of imidazole rings is 1. The first kappa shape index (κ1) is 13.8. The number of nitrogens with two attached hydrogens (primary N) is 1. The van der Waals surface area contributed by atoms with E-state index in [2.05, 4.69) is 25.2 Å². The van der Waals surface area contributed by atoms with Crippen molar-refractivity contribution in [3.8, 4) is 5.82 Å². The Morgan fingerprint density at radius 1 is 1.24 bits per heavy atom. The highest BCUT2D eigenvalue weighted by Crippen LogP contribution is 2.12. The molecule has 2 aromatic rings. The number of nitrogens with zero attached hydrogens (tertiary/aromatic N) is 5. The molecule has 3 N–H and O–H groups in total. The lowest BCUT2D eigenvalue weighted by atomic mass is 10.4. The Morgan fingerprint density at radius 2 is 2.10 bits per heavy atom. The Morgan fingerprint density at radius 3 is 2.86 bits per heavy atom. The summed E-state index contributed by atoms with van der Waals surface area (Å²) in [5, 5.41) is 3.31. The van der Waals surface area contributed by atoms with Crippen LogP contribution in [0.3, 0.4) is 0 Å². The highest BCUT2D eigenvalue weighted by molar-refractivity contribution is 5.43. The molecule has 1 aliphatic rings. The van der Waals surface area contributed by atoms with Gasteiger partial charge < -0.3 is 15.8 Å². The summed E-state index contributed by atoms with van der Waals surface area (Å²) in [4.78, 5) is 14.8. The fourth-order valence-electron chi connectivity index (χ4n) is 2.25. The third kappa shape index (κ3) is 3.47. The summed E-state index contributed by atoms with van der Waals surface area (Å²) < 4.78 is 7.05. The van der Waals surface area contributed by atoms with Crippen molar-refractivity contribution in [3.05, 3.63) is 24.8 Å². The second-order valence-electron chi connectivity index (χ2n) is 4.80. The zero-order valence-corrected chi connectivity index (χ0v) is 11.8. The molecular formula is C13H19N7O. The molecule has 1 saturated heterocycles. The lowest BCUT2D eigenvalue weighted by Gasteiger charge is -2.26. The van der Waals surface area contributed by atoms with Gasteiger partial charge >= 0.3 is 0 Å². The number of morpholine rings is 1. The maximum atomic E-state index is 5.77. The van der Waals surface area contributed by atoms with Crippen LogP contribution in [0.25, 0.3) is 5.82 Å². The standard InChI is InChI=1S/C13H19N7O/c14-13-16-2-4-20(13)12-9-11(17-10-18-12)15-1-3-19-5-7-21-8-6-19/h2,4,9-10H,1,3,5-8H2,(H2,14,16)(H,15,17,18). The van der Waals surface area contributed by atoms with Gasteiger partial charge in [-0.1, -0.05) is 0 Å². The van der Waals surface area contributed by atoms with Crippen LogP contribution >= 0.6 is 0 Å². The largest absolute Gasteiger partial charge is 0.379 e. The second kappa shape index (κ2) is 6.51. The van der Waals surface area contributed by atoms with Gasteiger partial charge in [0.2, 0.25) is 5.95 Å². The van der Waals surface area contributed by atoms with Gasteiger partial charge in [0.05, 0.1) is 13.2 Å². The van der Waals surface area contributed by atoms with Crippen LogP contribution in [0, 0.1) is 0 Å². The fraction of sp³-hybridized carbons (Fsp3) is 0.462. The number of aromatic nitrogens is 4. The van der Waals surface area contributed by atoms with Gasteiger partial charge in [-0.3, -0.25) is 9.47 Å². The summed E-state index contributed by atoms with van der Waals surface area (Å²) in [5.74, 6) is 1.89. The van der Waals surface area contributed by atoms with E-state index < -0.39 is 0 Å². The number of ether oxygens (including phenoxy) is 1. The van der Waals surface area contributed by atoms with E-state index in [0.717, 1.165) is 45.2 Å². The second-order valence-corrected chi connectivity index (χ2v) is 4.80. The van der Waals surface area contributed by atoms with E-state index in [9.17, 15) is 0 Å². The van der Waals surface area contributed by atoms with Crippen LogP contribution in [0.4, 0.5) is 11.8 Å².